The first-order chi connectivity index (χ1) is 8.69. The summed E-state index contributed by atoms with van der Waals surface area (Å²) in [6.07, 6.45) is 5.41. The maximum absolute atomic E-state index is 5.41. The van der Waals surface area contributed by atoms with Crippen LogP contribution in [-0.2, 0) is 0 Å². The molecule has 98 valence electrons. The molecule has 0 amide bonds. The highest BCUT2D eigenvalue weighted by atomic mass is 15.3. The van der Waals surface area contributed by atoms with Gasteiger partial charge in [-0.25, -0.2) is 0 Å². The molecule has 5 heteroatoms. The molecule has 0 aliphatic carbocycles. The van der Waals surface area contributed by atoms with Crippen molar-refractivity contribution in [1.29, 1.82) is 0 Å². The van der Waals surface area contributed by atoms with Gasteiger partial charge in [0.2, 0.25) is 17.7 Å². The summed E-state index contributed by atoms with van der Waals surface area (Å²) < 4.78 is 0. The van der Waals surface area contributed by atoms with Gasteiger partial charge in [0.05, 0.1) is 0 Å². The standard InChI is InChI=1S/C13H21N5/c1-6-11-14-12(17(7-2)8-3)16-13(15-11)18(9-4)10-5/h1H,7-10H2,2-5H3. The van der Waals surface area contributed by atoms with E-state index < -0.39 is 0 Å². The third-order valence-corrected chi connectivity index (χ3v) is 2.83. The van der Waals surface area contributed by atoms with Crippen molar-refractivity contribution in [3.63, 3.8) is 0 Å². The summed E-state index contributed by atoms with van der Waals surface area (Å²) in [5.74, 6) is 4.21. The Bertz CT molecular complexity index is 386. The molecule has 1 rings (SSSR count). The minimum Gasteiger partial charge on any atom is -0.341 e. The topological polar surface area (TPSA) is 45.2 Å². The van der Waals surface area contributed by atoms with E-state index in [0.29, 0.717) is 17.7 Å². The number of hydrogen-bond donors (Lipinski definition) is 0. The number of terminal acetylenes is 1. The highest BCUT2D eigenvalue weighted by Crippen LogP contribution is 2.13. The van der Waals surface area contributed by atoms with Crippen molar-refractivity contribution < 1.29 is 0 Å². The molecule has 0 saturated carbocycles. The second-order valence-electron chi connectivity index (χ2n) is 3.75. The van der Waals surface area contributed by atoms with Crippen LogP contribution < -0.4 is 9.80 Å². The molecule has 0 aliphatic heterocycles. The molecule has 1 heterocycles. The maximum Gasteiger partial charge on any atom is 0.231 e. The maximum atomic E-state index is 5.41. The molecule has 0 unspecified atom stereocenters. The van der Waals surface area contributed by atoms with Gasteiger partial charge in [-0.05, 0) is 33.6 Å². The summed E-state index contributed by atoms with van der Waals surface area (Å²) in [4.78, 5) is 17.2. The highest BCUT2D eigenvalue weighted by molar-refractivity contribution is 5.41. The second kappa shape index (κ2) is 6.80. The van der Waals surface area contributed by atoms with Crippen LogP contribution in [0.25, 0.3) is 0 Å². The summed E-state index contributed by atoms with van der Waals surface area (Å²) in [6, 6.07) is 0. The van der Waals surface area contributed by atoms with Gasteiger partial charge < -0.3 is 9.80 Å². The van der Waals surface area contributed by atoms with Crippen LogP contribution in [0.3, 0.4) is 0 Å². The third-order valence-electron chi connectivity index (χ3n) is 2.83. The van der Waals surface area contributed by atoms with E-state index in [0.717, 1.165) is 26.2 Å². The average molecular weight is 247 g/mol. The Labute approximate surface area is 109 Å². The van der Waals surface area contributed by atoms with Gasteiger partial charge in [-0.15, -0.1) is 6.42 Å². The van der Waals surface area contributed by atoms with E-state index in [1.165, 1.54) is 0 Å². The van der Waals surface area contributed by atoms with Crippen molar-refractivity contribution in [2.45, 2.75) is 27.7 Å². The fourth-order valence-corrected chi connectivity index (χ4v) is 1.71. The molecular weight excluding hydrogens is 226 g/mol. The summed E-state index contributed by atoms with van der Waals surface area (Å²) in [6.45, 7) is 11.7. The molecule has 5 nitrogen and oxygen atoms in total. The van der Waals surface area contributed by atoms with E-state index in [2.05, 4.69) is 58.4 Å². The fourth-order valence-electron chi connectivity index (χ4n) is 1.71. The highest BCUT2D eigenvalue weighted by Gasteiger charge is 2.13. The number of anilines is 2. The molecule has 0 N–H and O–H groups in total. The lowest BCUT2D eigenvalue weighted by Gasteiger charge is -2.22. The van der Waals surface area contributed by atoms with E-state index in [1.807, 2.05) is 0 Å². The molecule has 0 fully saturated rings. The third kappa shape index (κ3) is 3.10. The van der Waals surface area contributed by atoms with Crippen molar-refractivity contribution >= 4 is 11.9 Å². The van der Waals surface area contributed by atoms with E-state index in [4.69, 9.17) is 6.42 Å². The Morgan fingerprint density at radius 3 is 1.50 bits per heavy atom. The van der Waals surface area contributed by atoms with Gasteiger partial charge in [-0.3, -0.25) is 0 Å². The SMILES string of the molecule is C#Cc1nc(N(CC)CC)nc(N(CC)CC)n1. The van der Waals surface area contributed by atoms with Gasteiger partial charge in [-0.2, -0.15) is 15.0 Å². The number of nitrogens with zero attached hydrogens (tertiary/aromatic N) is 5. The fraction of sp³-hybridized carbons (Fsp3) is 0.615. The number of rotatable bonds is 6. The van der Waals surface area contributed by atoms with Gasteiger partial charge in [0.15, 0.2) is 0 Å². The Morgan fingerprint density at radius 1 is 0.833 bits per heavy atom. The smallest absolute Gasteiger partial charge is 0.231 e. The van der Waals surface area contributed by atoms with Crippen molar-refractivity contribution in [2.75, 3.05) is 36.0 Å². The Hall–Kier alpha value is -1.83. The second-order valence-corrected chi connectivity index (χ2v) is 3.75. The van der Waals surface area contributed by atoms with Crippen molar-refractivity contribution in [2.24, 2.45) is 0 Å². The number of aromatic nitrogens is 3. The molecule has 0 aliphatic rings. The van der Waals surface area contributed by atoms with Crippen LogP contribution in [-0.4, -0.2) is 41.1 Å². The van der Waals surface area contributed by atoms with Crippen LogP contribution in [0.2, 0.25) is 0 Å². The van der Waals surface area contributed by atoms with Crippen LogP contribution in [0.5, 0.6) is 0 Å². The molecule has 0 radical (unpaired) electrons. The van der Waals surface area contributed by atoms with Crippen LogP contribution in [0, 0.1) is 12.3 Å². The first-order valence-electron chi connectivity index (χ1n) is 6.42. The molecular formula is C13H21N5. The lowest BCUT2D eigenvalue weighted by Crippen LogP contribution is -2.29. The van der Waals surface area contributed by atoms with E-state index in [1.54, 1.807) is 0 Å². The van der Waals surface area contributed by atoms with Crippen molar-refractivity contribution in [1.82, 2.24) is 15.0 Å². The van der Waals surface area contributed by atoms with E-state index in [9.17, 15) is 0 Å². The first-order valence-corrected chi connectivity index (χ1v) is 6.42. The molecule has 0 bridgehead atoms. The molecule has 1 aromatic rings. The molecule has 0 aromatic carbocycles. The summed E-state index contributed by atoms with van der Waals surface area (Å²) in [7, 11) is 0. The average Bonchev–Trinajstić information content (AvgIpc) is 2.41. The van der Waals surface area contributed by atoms with Crippen LogP contribution in [0.1, 0.15) is 33.5 Å². The van der Waals surface area contributed by atoms with Crippen LogP contribution in [0.4, 0.5) is 11.9 Å². The van der Waals surface area contributed by atoms with E-state index in [-0.39, 0.29) is 0 Å². The molecule has 18 heavy (non-hydrogen) atoms. The van der Waals surface area contributed by atoms with Gasteiger partial charge in [-0.1, -0.05) is 0 Å². The Balaban J connectivity index is 3.21. The summed E-state index contributed by atoms with van der Waals surface area (Å²) in [5.41, 5.74) is 0. The van der Waals surface area contributed by atoms with Crippen LogP contribution in [0.15, 0.2) is 0 Å². The minimum absolute atomic E-state index is 0.397. The van der Waals surface area contributed by atoms with Gasteiger partial charge in [0.1, 0.15) is 0 Å². The zero-order valence-electron chi connectivity index (χ0n) is 11.6. The number of hydrogen-bond acceptors (Lipinski definition) is 5. The molecule has 1 aromatic heterocycles. The Morgan fingerprint density at radius 2 is 1.22 bits per heavy atom. The summed E-state index contributed by atoms with van der Waals surface area (Å²) >= 11 is 0. The monoisotopic (exact) mass is 247 g/mol. The molecule has 0 spiro atoms. The van der Waals surface area contributed by atoms with Gasteiger partial charge >= 0.3 is 0 Å². The largest absolute Gasteiger partial charge is 0.341 e. The zero-order chi connectivity index (χ0) is 13.5. The minimum atomic E-state index is 0.397. The first kappa shape index (κ1) is 14.2. The van der Waals surface area contributed by atoms with Crippen molar-refractivity contribution in [3.05, 3.63) is 5.82 Å². The van der Waals surface area contributed by atoms with Gasteiger partial charge in [0.25, 0.3) is 0 Å². The summed E-state index contributed by atoms with van der Waals surface area (Å²) in [5, 5.41) is 0. The van der Waals surface area contributed by atoms with Crippen molar-refractivity contribution in [3.8, 4) is 12.3 Å². The lowest BCUT2D eigenvalue weighted by molar-refractivity contribution is 0.773. The van der Waals surface area contributed by atoms with Gasteiger partial charge in [0, 0.05) is 26.2 Å². The quantitative estimate of drug-likeness (QED) is 0.714. The Kier molecular flexibility index (Phi) is 5.37. The predicted molar refractivity (Wildman–Crippen MR) is 74.9 cm³/mol. The normalized spacial score (nSPS) is 9.94. The van der Waals surface area contributed by atoms with E-state index >= 15 is 0 Å². The predicted octanol–water partition coefficient (Wildman–Crippen LogP) is 1.55. The molecule has 0 saturated heterocycles. The zero-order valence-corrected chi connectivity index (χ0v) is 11.6. The molecule has 0 atom stereocenters. The lowest BCUT2D eigenvalue weighted by atomic mass is 10.5. The van der Waals surface area contributed by atoms with Crippen LogP contribution >= 0.6 is 0 Å².